The number of ether oxygens (including phenoxy) is 2. The fourth-order valence-electron chi connectivity index (χ4n) is 4.92. The molecule has 0 aliphatic carbocycles. The first-order valence-electron chi connectivity index (χ1n) is 11.6. The molecule has 0 radical (unpaired) electrons. The summed E-state index contributed by atoms with van der Waals surface area (Å²) in [4.78, 5) is 25.9. The van der Waals surface area contributed by atoms with Crippen LogP contribution in [-0.4, -0.2) is 62.6 Å². The van der Waals surface area contributed by atoms with Crippen LogP contribution in [0.5, 0.6) is 5.75 Å². The van der Waals surface area contributed by atoms with Crippen molar-refractivity contribution in [1.82, 2.24) is 24.6 Å². The number of benzene rings is 1. The van der Waals surface area contributed by atoms with Gasteiger partial charge in [-0.3, -0.25) is 9.58 Å². The monoisotopic (exact) mass is 482 g/mol. The van der Waals surface area contributed by atoms with Gasteiger partial charge in [0.05, 0.1) is 30.2 Å². The summed E-state index contributed by atoms with van der Waals surface area (Å²) in [6.45, 7) is 2.03. The van der Waals surface area contributed by atoms with Crippen molar-refractivity contribution >= 4 is 11.9 Å². The van der Waals surface area contributed by atoms with Gasteiger partial charge in [-0.1, -0.05) is 0 Å². The lowest BCUT2D eigenvalue weighted by Gasteiger charge is -2.35. The van der Waals surface area contributed by atoms with Gasteiger partial charge < -0.3 is 14.4 Å². The molecular formula is C24H24F2N6O3. The minimum Gasteiger partial charge on any atom is -0.487 e. The maximum absolute atomic E-state index is 14.0. The Morgan fingerprint density at radius 2 is 1.97 bits per heavy atom. The third-order valence-electron chi connectivity index (χ3n) is 6.76. The number of hydrogen-bond acceptors (Lipinski definition) is 7. The van der Waals surface area contributed by atoms with E-state index in [-0.39, 0.29) is 24.0 Å². The molecule has 0 N–H and O–H groups in total. The molecule has 182 valence electrons. The molecule has 11 heteroatoms. The van der Waals surface area contributed by atoms with E-state index in [2.05, 4.69) is 10.00 Å². The summed E-state index contributed by atoms with van der Waals surface area (Å²) >= 11 is 0. The molecule has 0 spiro atoms. The van der Waals surface area contributed by atoms with E-state index in [1.54, 1.807) is 15.8 Å². The van der Waals surface area contributed by atoms with E-state index in [9.17, 15) is 13.6 Å². The molecule has 0 bridgehead atoms. The lowest BCUT2D eigenvalue weighted by molar-refractivity contribution is 0.154. The van der Waals surface area contributed by atoms with Crippen molar-refractivity contribution in [1.29, 1.82) is 0 Å². The maximum Gasteiger partial charge on any atom is 0.410 e. The Bertz CT molecular complexity index is 1290. The van der Waals surface area contributed by atoms with Crippen LogP contribution in [-0.2, 0) is 24.8 Å². The lowest BCUT2D eigenvalue weighted by atomic mass is 10.0. The zero-order chi connectivity index (χ0) is 24.1. The van der Waals surface area contributed by atoms with E-state index < -0.39 is 11.6 Å². The first-order valence-corrected chi connectivity index (χ1v) is 11.6. The fourth-order valence-corrected chi connectivity index (χ4v) is 4.92. The van der Waals surface area contributed by atoms with Crippen molar-refractivity contribution in [3.8, 4) is 17.0 Å². The van der Waals surface area contributed by atoms with Crippen LogP contribution in [0.25, 0.3) is 11.3 Å². The molecule has 1 unspecified atom stereocenters. The molecule has 0 saturated carbocycles. The molecule has 35 heavy (non-hydrogen) atoms. The Morgan fingerprint density at radius 1 is 1.14 bits per heavy atom. The SMILES string of the molecule is Cn1cc(-c2nc3c(nc2N2CCC(Oc4ccc(F)cc4F)CC2)CC2COC(=O)N2C3)cn1. The highest BCUT2D eigenvalue weighted by Gasteiger charge is 2.39. The predicted molar refractivity (Wildman–Crippen MR) is 121 cm³/mol. The van der Waals surface area contributed by atoms with Crippen LogP contribution in [0.4, 0.5) is 19.4 Å². The average Bonchev–Trinajstić information content (AvgIpc) is 3.44. The van der Waals surface area contributed by atoms with Crippen LogP contribution in [0.1, 0.15) is 24.2 Å². The summed E-state index contributed by atoms with van der Waals surface area (Å²) in [6, 6.07) is 3.33. The fraction of sp³-hybridized carbons (Fsp3) is 0.417. The molecule has 6 rings (SSSR count). The second-order valence-corrected chi connectivity index (χ2v) is 9.13. The van der Waals surface area contributed by atoms with E-state index in [0.717, 1.165) is 28.8 Å². The number of carbonyl (C=O) groups is 1. The molecule has 3 aromatic rings. The molecule has 2 aromatic heterocycles. The minimum absolute atomic E-state index is 0.0221. The number of piperidine rings is 1. The van der Waals surface area contributed by atoms with Crippen LogP contribution < -0.4 is 9.64 Å². The standard InChI is InChI=1S/C24H24F2N6O3/c1-30-11-14(10-27-30)22-23(29-19-9-16-13-34-24(33)32(16)12-20(19)28-22)31-6-4-17(5-7-31)35-21-3-2-15(25)8-18(21)26/h2-3,8,10-11,16-17H,4-7,9,12-13H2,1H3. The zero-order valence-electron chi connectivity index (χ0n) is 19.2. The number of hydrogen-bond donors (Lipinski definition) is 0. The number of rotatable bonds is 4. The van der Waals surface area contributed by atoms with Gasteiger partial charge in [0.15, 0.2) is 17.4 Å². The normalized spacial score (nSPS) is 20.0. The summed E-state index contributed by atoms with van der Waals surface area (Å²) in [6.07, 6.45) is 5.05. The van der Waals surface area contributed by atoms with E-state index in [1.165, 1.54) is 12.1 Å². The number of carbonyl (C=O) groups excluding carboxylic acids is 1. The lowest BCUT2D eigenvalue weighted by Crippen LogP contribution is -2.41. The van der Waals surface area contributed by atoms with Crippen molar-refractivity contribution in [3.05, 3.63) is 53.6 Å². The highest BCUT2D eigenvalue weighted by atomic mass is 19.1. The van der Waals surface area contributed by atoms with Crippen molar-refractivity contribution < 1.29 is 23.0 Å². The summed E-state index contributed by atoms with van der Waals surface area (Å²) in [5.41, 5.74) is 3.20. The third kappa shape index (κ3) is 4.04. The quantitative estimate of drug-likeness (QED) is 0.565. The largest absolute Gasteiger partial charge is 0.487 e. The molecule has 1 atom stereocenters. The average molecular weight is 482 g/mol. The van der Waals surface area contributed by atoms with Crippen molar-refractivity contribution in [2.45, 2.75) is 38.0 Å². The van der Waals surface area contributed by atoms with Crippen molar-refractivity contribution in [2.75, 3.05) is 24.6 Å². The Balaban J connectivity index is 1.26. The van der Waals surface area contributed by atoms with Crippen molar-refractivity contribution in [2.24, 2.45) is 7.05 Å². The van der Waals surface area contributed by atoms with Gasteiger partial charge in [0, 0.05) is 57.2 Å². The predicted octanol–water partition coefficient (Wildman–Crippen LogP) is 3.08. The van der Waals surface area contributed by atoms with E-state index >= 15 is 0 Å². The van der Waals surface area contributed by atoms with Crippen molar-refractivity contribution in [3.63, 3.8) is 0 Å². The highest BCUT2D eigenvalue weighted by Crippen LogP contribution is 2.34. The second kappa shape index (κ2) is 8.47. The van der Waals surface area contributed by atoms with Gasteiger partial charge in [0.1, 0.15) is 24.2 Å². The molecule has 1 amide bonds. The Hall–Kier alpha value is -3.76. The van der Waals surface area contributed by atoms with Gasteiger partial charge in [-0.15, -0.1) is 0 Å². The number of cyclic esters (lactones) is 1. The summed E-state index contributed by atoms with van der Waals surface area (Å²) < 4.78 is 40.0. The number of nitrogens with zero attached hydrogens (tertiary/aromatic N) is 6. The number of amides is 1. The number of aromatic nitrogens is 4. The van der Waals surface area contributed by atoms with Gasteiger partial charge in [-0.25, -0.2) is 23.5 Å². The van der Waals surface area contributed by atoms with Crippen LogP contribution in [0.2, 0.25) is 0 Å². The topological polar surface area (TPSA) is 85.6 Å². The molecule has 3 aliphatic heterocycles. The number of aryl methyl sites for hydroxylation is 1. The number of fused-ring (bicyclic) bond motifs is 2. The van der Waals surface area contributed by atoms with Gasteiger partial charge in [-0.05, 0) is 12.1 Å². The summed E-state index contributed by atoms with van der Waals surface area (Å²) in [5.74, 6) is -0.500. The number of anilines is 1. The van der Waals surface area contributed by atoms with Crippen LogP contribution in [0.3, 0.4) is 0 Å². The zero-order valence-corrected chi connectivity index (χ0v) is 19.2. The molecule has 2 saturated heterocycles. The minimum atomic E-state index is -0.699. The van der Waals surface area contributed by atoms with E-state index in [1.807, 2.05) is 13.2 Å². The van der Waals surface area contributed by atoms with Gasteiger partial charge in [0.2, 0.25) is 0 Å². The molecular weight excluding hydrogens is 458 g/mol. The summed E-state index contributed by atoms with van der Waals surface area (Å²) in [7, 11) is 1.84. The molecule has 3 aliphatic rings. The first-order chi connectivity index (χ1) is 16.9. The third-order valence-corrected chi connectivity index (χ3v) is 6.76. The molecule has 9 nitrogen and oxygen atoms in total. The molecule has 1 aromatic carbocycles. The maximum atomic E-state index is 14.0. The second-order valence-electron chi connectivity index (χ2n) is 9.13. The van der Waals surface area contributed by atoms with Crippen LogP contribution >= 0.6 is 0 Å². The van der Waals surface area contributed by atoms with Gasteiger partial charge in [0.25, 0.3) is 0 Å². The van der Waals surface area contributed by atoms with Gasteiger partial charge >= 0.3 is 6.09 Å². The van der Waals surface area contributed by atoms with Gasteiger partial charge in [-0.2, -0.15) is 5.10 Å². The summed E-state index contributed by atoms with van der Waals surface area (Å²) in [5, 5.41) is 4.29. The smallest absolute Gasteiger partial charge is 0.410 e. The van der Waals surface area contributed by atoms with Crippen LogP contribution in [0.15, 0.2) is 30.6 Å². The Kier molecular flexibility index (Phi) is 5.27. The Morgan fingerprint density at radius 3 is 2.71 bits per heavy atom. The Labute approximate surface area is 200 Å². The first kappa shape index (κ1) is 21.8. The van der Waals surface area contributed by atoms with E-state index in [4.69, 9.17) is 19.4 Å². The molecule has 5 heterocycles. The molecule has 2 fully saturated rings. The number of halogens is 2. The van der Waals surface area contributed by atoms with Crippen LogP contribution in [0, 0.1) is 11.6 Å². The highest BCUT2D eigenvalue weighted by molar-refractivity contribution is 5.73. The van der Waals surface area contributed by atoms with E-state index in [0.29, 0.717) is 51.2 Å².